The molecule has 0 aromatic heterocycles. The lowest BCUT2D eigenvalue weighted by atomic mass is 10.6. The van der Waals surface area contributed by atoms with Gasteiger partial charge in [0.1, 0.15) is 6.61 Å². The van der Waals surface area contributed by atoms with Crippen molar-refractivity contribution in [2.75, 3.05) is 26.5 Å². The van der Waals surface area contributed by atoms with E-state index in [4.69, 9.17) is 10.1 Å². The minimum atomic E-state index is -0.750. The molecule has 0 saturated heterocycles. The number of nitrogens with one attached hydrogen (secondary N) is 2. The summed E-state index contributed by atoms with van der Waals surface area (Å²) in [6, 6.07) is -1.99. The lowest BCUT2D eigenvalue weighted by Gasteiger charge is -2.23. The molecule has 2 N–H and O–H groups in total. The number of rotatable bonds is 5. The molecule has 0 aliphatic heterocycles. The number of amides is 4. The molecule has 0 aliphatic rings. The number of amidine groups is 1. The van der Waals surface area contributed by atoms with Gasteiger partial charge in [-0.05, 0) is 11.9 Å². The first-order chi connectivity index (χ1) is 8.95. The van der Waals surface area contributed by atoms with E-state index in [0.717, 1.165) is 11.9 Å². The maximum absolute atomic E-state index is 11.8. The summed E-state index contributed by atoms with van der Waals surface area (Å²) < 4.78 is 7.32. The first kappa shape index (κ1) is 17.0. The first-order valence-corrected chi connectivity index (χ1v) is 6.30. The van der Waals surface area contributed by atoms with E-state index < -0.39 is 18.1 Å². The fraction of sp³-hybridized carbons (Fsp3) is 0.364. The largest absolute Gasteiger partial charge is 0.460 e. The Balaban J connectivity index is 4.79. The van der Waals surface area contributed by atoms with Crippen LogP contribution in [-0.4, -0.2) is 54.3 Å². The van der Waals surface area contributed by atoms with Crippen molar-refractivity contribution in [1.82, 2.24) is 14.5 Å². The van der Waals surface area contributed by atoms with E-state index in [1.54, 1.807) is 6.08 Å². The molecule has 4 amide bonds. The minimum absolute atomic E-state index is 0.0309. The monoisotopic (exact) mass is 286 g/mol. The molecule has 0 bridgehead atoms. The molecule has 0 heterocycles. The van der Waals surface area contributed by atoms with Crippen molar-refractivity contribution in [2.24, 2.45) is 0 Å². The summed E-state index contributed by atoms with van der Waals surface area (Å²) >= 11 is 1.06. The second-order valence-corrected chi connectivity index (χ2v) is 4.25. The topological polar surface area (TPSA) is 85.7 Å². The molecule has 0 fully saturated rings. The summed E-state index contributed by atoms with van der Waals surface area (Å²) in [5.74, 6) is 0.483. The van der Waals surface area contributed by atoms with E-state index in [1.807, 2.05) is 0 Å². The number of urea groups is 2. The van der Waals surface area contributed by atoms with Crippen LogP contribution in [0, 0.1) is 5.41 Å². The highest BCUT2D eigenvalue weighted by Crippen LogP contribution is 2.03. The number of imide groups is 1. The smallest absolute Gasteiger partial charge is 0.343 e. The molecule has 19 heavy (non-hydrogen) atoms. The van der Waals surface area contributed by atoms with Crippen LogP contribution in [0.25, 0.3) is 0 Å². The molecule has 0 saturated carbocycles. The summed E-state index contributed by atoms with van der Waals surface area (Å²) in [6.07, 6.45) is 3.01. The summed E-state index contributed by atoms with van der Waals surface area (Å²) in [7, 11) is 2.94. The number of carbonyl (C=O) groups is 2. The molecule has 0 atom stereocenters. The van der Waals surface area contributed by atoms with Crippen molar-refractivity contribution in [3.63, 3.8) is 0 Å². The van der Waals surface area contributed by atoms with Gasteiger partial charge in [-0.25, -0.2) is 9.59 Å². The molecule has 0 aliphatic carbocycles. The Morgan fingerprint density at radius 2 is 2.00 bits per heavy atom. The lowest BCUT2D eigenvalue weighted by molar-refractivity contribution is 0.177. The standard InChI is InChI=1S/C11H18N4O3S/c1-5-7-18-9(12)15(11(17)14(3)4)10(16)13-19-8-6-2/h5-6,12H,1-2,7-8H2,3-4H3,(H,13,16). The number of hydrogen-bond donors (Lipinski definition) is 2. The first-order valence-electron chi connectivity index (χ1n) is 5.32. The highest BCUT2D eigenvalue weighted by Gasteiger charge is 2.28. The third-order valence-electron chi connectivity index (χ3n) is 1.68. The molecule has 7 nitrogen and oxygen atoms in total. The van der Waals surface area contributed by atoms with Crippen LogP contribution in [-0.2, 0) is 4.74 Å². The molecule has 0 radical (unpaired) electrons. The lowest BCUT2D eigenvalue weighted by Crippen LogP contribution is -2.50. The summed E-state index contributed by atoms with van der Waals surface area (Å²) in [4.78, 5) is 25.4. The van der Waals surface area contributed by atoms with Crippen molar-refractivity contribution >= 4 is 30.0 Å². The van der Waals surface area contributed by atoms with Crippen molar-refractivity contribution in [3.05, 3.63) is 25.3 Å². The Morgan fingerprint density at radius 3 is 2.47 bits per heavy atom. The Hall–Kier alpha value is -1.96. The van der Waals surface area contributed by atoms with Gasteiger partial charge in [0, 0.05) is 19.8 Å². The van der Waals surface area contributed by atoms with Gasteiger partial charge in [0.05, 0.1) is 0 Å². The third-order valence-corrected chi connectivity index (χ3v) is 2.40. The number of ether oxygens (including phenoxy) is 1. The van der Waals surface area contributed by atoms with Crippen molar-refractivity contribution < 1.29 is 14.3 Å². The number of carbonyl (C=O) groups excluding carboxylic acids is 2. The van der Waals surface area contributed by atoms with Crippen LogP contribution in [0.1, 0.15) is 0 Å². The zero-order valence-electron chi connectivity index (χ0n) is 11.0. The van der Waals surface area contributed by atoms with Crippen LogP contribution in [0.5, 0.6) is 0 Å². The van der Waals surface area contributed by atoms with Gasteiger partial charge in [-0.15, -0.1) is 6.58 Å². The van der Waals surface area contributed by atoms with E-state index in [-0.39, 0.29) is 6.61 Å². The summed E-state index contributed by atoms with van der Waals surface area (Å²) in [5.41, 5.74) is 0. The van der Waals surface area contributed by atoms with Gasteiger partial charge in [-0.2, -0.15) is 4.90 Å². The van der Waals surface area contributed by atoms with E-state index >= 15 is 0 Å². The van der Waals surface area contributed by atoms with Crippen LogP contribution in [0.2, 0.25) is 0 Å². The average molecular weight is 286 g/mol. The van der Waals surface area contributed by atoms with Gasteiger partial charge in [-0.3, -0.25) is 10.1 Å². The number of nitrogens with zero attached hydrogens (tertiary/aromatic N) is 2. The van der Waals surface area contributed by atoms with Gasteiger partial charge in [-0.1, -0.05) is 18.7 Å². The molecule has 0 unspecified atom stereocenters. The highest BCUT2D eigenvalue weighted by molar-refractivity contribution is 7.98. The molecular weight excluding hydrogens is 268 g/mol. The Morgan fingerprint density at radius 1 is 1.37 bits per heavy atom. The van der Waals surface area contributed by atoms with Gasteiger partial charge in [0.25, 0.3) is 0 Å². The molecule has 0 rings (SSSR count). The fourth-order valence-corrected chi connectivity index (χ4v) is 1.29. The minimum Gasteiger partial charge on any atom is -0.460 e. The fourth-order valence-electron chi connectivity index (χ4n) is 0.876. The molecule has 8 heteroatoms. The molecule has 0 spiro atoms. The van der Waals surface area contributed by atoms with Gasteiger partial charge in [0.2, 0.25) is 0 Å². The maximum atomic E-state index is 11.8. The average Bonchev–Trinajstić information content (AvgIpc) is 2.36. The van der Waals surface area contributed by atoms with Gasteiger partial charge >= 0.3 is 18.1 Å². The SMILES string of the molecule is C=CCOC(=N)N(C(=O)NSCC=C)C(=O)N(C)C. The quantitative estimate of drug-likeness (QED) is 0.264. The summed E-state index contributed by atoms with van der Waals surface area (Å²) in [5, 5.41) is 7.60. The van der Waals surface area contributed by atoms with Crippen LogP contribution in [0.4, 0.5) is 9.59 Å². The second kappa shape index (κ2) is 9.03. The van der Waals surface area contributed by atoms with Crippen LogP contribution < -0.4 is 4.72 Å². The predicted molar refractivity (Wildman–Crippen MR) is 76.0 cm³/mol. The molecule has 0 aromatic carbocycles. The Bertz CT molecular complexity index is 371. The Labute approximate surface area is 116 Å². The zero-order valence-corrected chi connectivity index (χ0v) is 11.8. The van der Waals surface area contributed by atoms with Crippen LogP contribution in [0.3, 0.4) is 0 Å². The predicted octanol–water partition coefficient (Wildman–Crippen LogP) is 1.65. The van der Waals surface area contributed by atoms with Crippen molar-refractivity contribution in [1.29, 1.82) is 5.41 Å². The highest BCUT2D eigenvalue weighted by atomic mass is 32.2. The van der Waals surface area contributed by atoms with E-state index in [1.165, 1.54) is 25.1 Å². The molecule has 0 aromatic rings. The van der Waals surface area contributed by atoms with Crippen LogP contribution in [0.15, 0.2) is 25.3 Å². The summed E-state index contributed by atoms with van der Waals surface area (Å²) in [6.45, 7) is 6.96. The van der Waals surface area contributed by atoms with E-state index in [2.05, 4.69) is 17.9 Å². The van der Waals surface area contributed by atoms with Crippen LogP contribution >= 0.6 is 11.9 Å². The molecule has 106 valence electrons. The third kappa shape index (κ3) is 5.96. The Kier molecular flexibility index (Phi) is 8.10. The van der Waals surface area contributed by atoms with Gasteiger partial charge in [0.15, 0.2) is 0 Å². The van der Waals surface area contributed by atoms with E-state index in [9.17, 15) is 9.59 Å². The van der Waals surface area contributed by atoms with E-state index in [0.29, 0.717) is 10.7 Å². The maximum Gasteiger partial charge on any atom is 0.343 e. The second-order valence-electron chi connectivity index (χ2n) is 3.42. The van der Waals surface area contributed by atoms with Crippen molar-refractivity contribution in [2.45, 2.75) is 0 Å². The zero-order chi connectivity index (χ0) is 14.8. The van der Waals surface area contributed by atoms with Crippen molar-refractivity contribution in [3.8, 4) is 0 Å². The molecular formula is C11H18N4O3S. The number of hydrogen-bond acceptors (Lipinski definition) is 5. The normalized spacial score (nSPS) is 9.16. The van der Waals surface area contributed by atoms with Gasteiger partial charge < -0.3 is 9.64 Å².